The van der Waals surface area contributed by atoms with Crippen molar-refractivity contribution in [1.29, 1.82) is 0 Å². The molecule has 0 aliphatic carbocycles. The van der Waals surface area contributed by atoms with Crippen LogP contribution in [0.2, 0.25) is 5.02 Å². The monoisotopic (exact) mass is 309 g/mol. The van der Waals surface area contributed by atoms with Gasteiger partial charge in [0.1, 0.15) is 10.7 Å². The summed E-state index contributed by atoms with van der Waals surface area (Å²) in [4.78, 5) is 33.2. The number of anilines is 1. The predicted molar refractivity (Wildman–Crippen MR) is 79.4 cm³/mol. The third-order valence-corrected chi connectivity index (χ3v) is 3.73. The lowest BCUT2D eigenvalue weighted by Gasteiger charge is -2.06. The van der Waals surface area contributed by atoms with Gasteiger partial charge >= 0.3 is 0 Å². The van der Waals surface area contributed by atoms with Gasteiger partial charge in [0.25, 0.3) is 5.91 Å². The molecule has 0 saturated heterocycles. The first-order valence-electron chi connectivity index (χ1n) is 5.43. The van der Waals surface area contributed by atoms with Gasteiger partial charge in [-0.15, -0.1) is 9.81 Å². The maximum atomic E-state index is 12.1. The average Bonchev–Trinajstić information content (AvgIpc) is 2.83. The highest BCUT2D eigenvalue weighted by molar-refractivity contribution is 7.20. The number of nitrogens with one attached hydrogen (secondary N) is 1. The zero-order valence-corrected chi connectivity index (χ0v) is 11.8. The molecule has 20 heavy (non-hydrogen) atoms. The lowest BCUT2D eigenvalue weighted by molar-refractivity contribution is 0.102. The fourth-order valence-corrected chi connectivity index (χ4v) is 2.52. The van der Waals surface area contributed by atoms with Crippen LogP contribution in [0.25, 0.3) is 0 Å². The number of nitrogens with zero attached hydrogens (tertiary/aromatic N) is 2. The van der Waals surface area contributed by atoms with Gasteiger partial charge in [-0.05, 0) is 29.4 Å². The Morgan fingerprint density at radius 1 is 1.25 bits per heavy atom. The molecule has 0 bridgehead atoms. The van der Waals surface area contributed by atoms with E-state index in [0.29, 0.717) is 5.02 Å². The Kier molecular flexibility index (Phi) is 4.21. The van der Waals surface area contributed by atoms with Crippen molar-refractivity contribution in [3.8, 4) is 0 Å². The number of carbonyl (C=O) groups is 1. The average molecular weight is 310 g/mol. The topological polar surface area (TPSA) is 88.0 Å². The van der Waals surface area contributed by atoms with Crippen LogP contribution in [-0.4, -0.2) is 5.91 Å². The molecule has 2 aromatic rings. The van der Waals surface area contributed by atoms with E-state index in [1.165, 1.54) is 6.07 Å². The van der Waals surface area contributed by atoms with Crippen molar-refractivity contribution in [2.45, 2.75) is 6.92 Å². The first-order valence-corrected chi connectivity index (χ1v) is 6.62. The van der Waals surface area contributed by atoms with E-state index in [-0.39, 0.29) is 21.3 Å². The van der Waals surface area contributed by atoms with E-state index in [1.807, 2.05) is 6.92 Å². The highest BCUT2D eigenvalue weighted by atomic mass is 35.5. The van der Waals surface area contributed by atoms with Crippen molar-refractivity contribution < 1.29 is 4.79 Å². The van der Waals surface area contributed by atoms with Crippen molar-refractivity contribution in [2.75, 3.05) is 5.32 Å². The standard InChI is InChI=1S/C12H8ClN3O3S/c1-6-2-3-8(13)7(4-6)11(17)14-12-9(15-18)5-10(16-19)20-12/h2-5H,1H3,(H,14,17). The Labute approximate surface area is 122 Å². The van der Waals surface area contributed by atoms with E-state index in [4.69, 9.17) is 11.6 Å². The van der Waals surface area contributed by atoms with Crippen LogP contribution < -0.4 is 5.32 Å². The van der Waals surface area contributed by atoms with E-state index in [2.05, 4.69) is 15.7 Å². The number of rotatable bonds is 4. The van der Waals surface area contributed by atoms with Crippen molar-refractivity contribution in [3.63, 3.8) is 0 Å². The van der Waals surface area contributed by atoms with Gasteiger partial charge in [-0.25, -0.2) is 0 Å². The van der Waals surface area contributed by atoms with Gasteiger partial charge in [-0.2, -0.15) is 0 Å². The lowest BCUT2D eigenvalue weighted by atomic mass is 10.1. The van der Waals surface area contributed by atoms with Gasteiger partial charge in [0.05, 0.1) is 10.6 Å². The minimum absolute atomic E-state index is 0.0401. The Balaban J connectivity index is 2.32. The first-order chi connectivity index (χ1) is 9.55. The van der Waals surface area contributed by atoms with Crippen LogP contribution in [0.4, 0.5) is 15.7 Å². The van der Waals surface area contributed by atoms with Gasteiger partial charge in [-0.1, -0.05) is 34.6 Å². The summed E-state index contributed by atoms with van der Waals surface area (Å²) in [5, 5.41) is 8.46. The maximum absolute atomic E-state index is 12.1. The van der Waals surface area contributed by atoms with Crippen molar-refractivity contribution in [1.82, 2.24) is 0 Å². The molecule has 0 aliphatic rings. The number of hydrogen-bond donors (Lipinski definition) is 1. The van der Waals surface area contributed by atoms with Crippen molar-refractivity contribution >= 4 is 44.5 Å². The van der Waals surface area contributed by atoms with Crippen LogP contribution in [0, 0.1) is 16.7 Å². The van der Waals surface area contributed by atoms with E-state index >= 15 is 0 Å². The van der Waals surface area contributed by atoms with E-state index in [1.54, 1.807) is 18.2 Å². The fourth-order valence-electron chi connectivity index (χ4n) is 1.55. The zero-order valence-electron chi connectivity index (χ0n) is 10.2. The number of halogens is 1. The second-order valence-electron chi connectivity index (χ2n) is 3.92. The number of carbonyl (C=O) groups excluding carboxylic acids is 1. The van der Waals surface area contributed by atoms with Crippen LogP contribution in [0.5, 0.6) is 0 Å². The summed E-state index contributed by atoms with van der Waals surface area (Å²) < 4.78 is 0. The Bertz CT molecular complexity index is 699. The third kappa shape index (κ3) is 2.89. The SMILES string of the molecule is Cc1ccc(Cl)c(C(=O)Nc2sc(N=O)cc2N=O)c1. The molecule has 0 unspecified atom stereocenters. The Morgan fingerprint density at radius 2 is 2.00 bits per heavy atom. The summed E-state index contributed by atoms with van der Waals surface area (Å²) in [6.45, 7) is 1.82. The van der Waals surface area contributed by atoms with Crippen LogP contribution >= 0.6 is 22.9 Å². The molecule has 1 heterocycles. The molecule has 0 radical (unpaired) electrons. The number of benzene rings is 1. The molecule has 0 aliphatic heterocycles. The van der Waals surface area contributed by atoms with Crippen LogP contribution in [0.1, 0.15) is 15.9 Å². The zero-order chi connectivity index (χ0) is 14.7. The second-order valence-corrected chi connectivity index (χ2v) is 5.36. The second kappa shape index (κ2) is 5.89. The predicted octanol–water partition coefficient (Wildman–Crippen LogP) is 4.76. The lowest BCUT2D eigenvalue weighted by Crippen LogP contribution is -2.11. The van der Waals surface area contributed by atoms with Gasteiger partial charge in [0.15, 0.2) is 5.00 Å². The summed E-state index contributed by atoms with van der Waals surface area (Å²) in [5.74, 6) is -0.483. The molecule has 0 spiro atoms. The molecule has 1 N–H and O–H groups in total. The molecular weight excluding hydrogens is 302 g/mol. The number of aryl methyl sites for hydroxylation is 1. The summed E-state index contributed by atoms with van der Waals surface area (Å²) in [5.41, 5.74) is 1.11. The van der Waals surface area contributed by atoms with Gasteiger partial charge in [-0.3, -0.25) is 4.79 Å². The molecule has 102 valence electrons. The largest absolute Gasteiger partial charge is 0.312 e. The third-order valence-electron chi connectivity index (χ3n) is 2.48. The Morgan fingerprint density at radius 3 is 2.65 bits per heavy atom. The minimum atomic E-state index is -0.483. The van der Waals surface area contributed by atoms with Crippen LogP contribution in [0.15, 0.2) is 34.6 Å². The number of amides is 1. The molecule has 1 aromatic heterocycles. The smallest absolute Gasteiger partial charge is 0.257 e. The molecular formula is C12H8ClN3O3S. The molecule has 1 aromatic carbocycles. The molecule has 6 nitrogen and oxygen atoms in total. The number of nitroso groups, excluding NO2 is 2. The minimum Gasteiger partial charge on any atom is -0.312 e. The van der Waals surface area contributed by atoms with Gasteiger partial charge in [0.2, 0.25) is 0 Å². The number of hydrogen-bond acceptors (Lipinski definition) is 6. The summed E-state index contributed by atoms with van der Waals surface area (Å²) >= 11 is 6.82. The Hall–Kier alpha value is -2.12. The molecule has 1 amide bonds. The van der Waals surface area contributed by atoms with Gasteiger partial charge < -0.3 is 5.32 Å². The fraction of sp³-hybridized carbons (Fsp3) is 0.0833. The number of thiophene rings is 1. The van der Waals surface area contributed by atoms with E-state index in [9.17, 15) is 14.6 Å². The first kappa shape index (κ1) is 14.3. The molecule has 2 rings (SSSR count). The summed E-state index contributed by atoms with van der Waals surface area (Å²) in [6, 6.07) is 6.21. The van der Waals surface area contributed by atoms with E-state index in [0.717, 1.165) is 16.9 Å². The van der Waals surface area contributed by atoms with Crippen LogP contribution in [0.3, 0.4) is 0 Å². The van der Waals surface area contributed by atoms with E-state index < -0.39 is 5.91 Å². The molecule has 0 atom stereocenters. The molecule has 0 fully saturated rings. The molecule has 0 saturated carbocycles. The summed E-state index contributed by atoms with van der Waals surface area (Å²) in [6.07, 6.45) is 0. The summed E-state index contributed by atoms with van der Waals surface area (Å²) in [7, 11) is 0. The quantitative estimate of drug-likeness (QED) is 0.826. The van der Waals surface area contributed by atoms with Crippen LogP contribution in [-0.2, 0) is 0 Å². The van der Waals surface area contributed by atoms with Crippen molar-refractivity contribution in [3.05, 3.63) is 50.2 Å². The molecule has 8 heteroatoms. The highest BCUT2D eigenvalue weighted by Crippen LogP contribution is 2.40. The highest BCUT2D eigenvalue weighted by Gasteiger charge is 2.16. The normalized spacial score (nSPS) is 10.1. The maximum Gasteiger partial charge on any atom is 0.257 e. The van der Waals surface area contributed by atoms with Gasteiger partial charge in [0, 0.05) is 6.07 Å². The van der Waals surface area contributed by atoms with Crippen molar-refractivity contribution in [2.24, 2.45) is 10.4 Å².